The van der Waals surface area contributed by atoms with Crippen molar-refractivity contribution in [3.63, 3.8) is 0 Å². The van der Waals surface area contributed by atoms with Gasteiger partial charge in [0.05, 0.1) is 22.5 Å². The lowest BCUT2D eigenvalue weighted by molar-refractivity contribution is 0.0546. The Hall–Kier alpha value is -1.82. The minimum absolute atomic E-state index is 0.0291. The highest BCUT2D eigenvalue weighted by atomic mass is 35.5. The summed E-state index contributed by atoms with van der Waals surface area (Å²) in [5.74, 6) is -0.669. The summed E-state index contributed by atoms with van der Waals surface area (Å²) < 4.78 is 5.95. The van der Waals surface area contributed by atoms with Crippen molar-refractivity contribution in [3.8, 4) is 5.69 Å². The second-order valence-corrected chi connectivity index (χ2v) is 5.45. The van der Waals surface area contributed by atoms with Crippen LogP contribution in [-0.2, 0) is 4.74 Å². The number of carbonyl (C=O) groups is 1. The number of hydrogen-bond acceptors (Lipinski definition) is 4. The molecule has 1 aromatic carbocycles. The number of rotatable bonds is 4. The highest BCUT2D eigenvalue weighted by Gasteiger charge is 2.17. The minimum atomic E-state index is -0.669. The Morgan fingerprint density at radius 3 is 2.68 bits per heavy atom. The molecule has 0 aliphatic heterocycles. The summed E-state index contributed by atoms with van der Waals surface area (Å²) in [4.78, 5) is 24.2. The van der Waals surface area contributed by atoms with Crippen LogP contribution in [0.5, 0.6) is 0 Å². The van der Waals surface area contributed by atoms with E-state index in [1.807, 2.05) is 0 Å². The van der Waals surface area contributed by atoms with Crippen LogP contribution in [0.25, 0.3) is 5.69 Å². The van der Waals surface area contributed by atoms with Gasteiger partial charge >= 0.3 is 5.97 Å². The monoisotopic (exact) mass is 358 g/mol. The fourth-order valence-corrected chi connectivity index (χ4v) is 1.94. The van der Waals surface area contributed by atoms with Crippen LogP contribution in [0.15, 0.2) is 46.9 Å². The van der Waals surface area contributed by atoms with Gasteiger partial charge in [-0.15, -0.1) is 0 Å². The molecule has 0 bridgehead atoms. The van der Waals surface area contributed by atoms with Crippen LogP contribution in [0.1, 0.15) is 10.4 Å². The van der Waals surface area contributed by atoms with Gasteiger partial charge in [0.25, 0.3) is 5.56 Å². The van der Waals surface area contributed by atoms with Crippen molar-refractivity contribution in [1.29, 1.82) is 0 Å². The molecule has 2 rings (SSSR count). The number of carbonyl (C=O) groups excluding carboxylic acids is 1. The van der Waals surface area contributed by atoms with E-state index >= 15 is 0 Å². The smallest absolute Gasteiger partial charge is 0.340 e. The third kappa shape index (κ3) is 3.50. The molecule has 22 heavy (non-hydrogen) atoms. The molecular weight excluding hydrogens is 351 g/mol. The van der Waals surface area contributed by atoms with Crippen LogP contribution in [0.3, 0.4) is 0 Å². The Labute approximate surface area is 140 Å². The average Bonchev–Trinajstić information content (AvgIpc) is 2.50. The maximum atomic E-state index is 12.1. The Bertz CT molecular complexity index is 802. The van der Waals surface area contributed by atoms with Gasteiger partial charge in [0.1, 0.15) is 11.6 Å². The van der Waals surface area contributed by atoms with Gasteiger partial charge in [-0.3, -0.25) is 4.79 Å². The summed E-state index contributed by atoms with van der Waals surface area (Å²) in [6.07, 6.45) is 1.22. The van der Waals surface area contributed by atoms with Crippen LogP contribution in [0.2, 0.25) is 10.0 Å². The van der Waals surface area contributed by atoms with Gasteiger partial charge in [0, 0.05) is 5.03 Å². The molecule has 0 aliphatic carbocycles. The van der Waals surface area contributed by atoms with Crippen molar-refractivity contribution in [2.24, 2.45) is 0 Å². The van der Waals surface area contributed by atoms with E-state index in [0.29, 0.717) is 0 Å². The van der Waals surface area contributed by atoms with E-state index in [2.05, 4.69) is 11.7 Å². The Morgan fingerprint density at radius 2 is 2.00 bits per heavy atom. The molecule has 114 valence electrons. The summed E-state index contributed by atoms with van der Waals surface area (Å²) in [7, 11) is 0. The molecule has 0 amide bonds. The number of aromatic nitrogens is 2. The normalized spacial score (nSPS) is 10.3. The Kier molecular flexibility index (Phi) is 5.24. The van der Waals surface area contributed by atoms with Crippen molar-refractivity contribution in [1.82, 2.24) is 9.78 Å². The second-order valence-electron chi connectivity index (χ2n) is 4.13. The number of halogens is 3. The quantitative estimate of drug-likeness (QED) is 0.785. The number of hydrogen-bond donors (Lipinski definition) is 0. The van der Waals surface area contributed by atoms with Crippen molar-refractivity contribution >= 4 is 40.8 Å². The standard InChI is InChI=1S/C14H9Cl3N2O3/c1-8(15)7-22-14(21)9-4-2-3-5-11(9)19-13(20)12(17)10(16)6-18-19/h2-6H,1,7H2. The topological polar surface area (TPSA) is 61.2 Å². The van der Waals surface area contributed by atoms with E-state index in [-0.39, 0.29) is 32.9 Å². The molecule has 0 spiro atoms. The molecule has 0 unspecified atom stereocenters. The van der Waals surface area contributed by atoms with Gasteiger partial charge in [0.15, 0.2) is 0 Å². The largest absolute Gasteiger partial charge is 0.456 e. The maximum Gasteiger partial charge on any atom is 0.340 e. The van der Waals surface area contributed by atoms with E-state index in [9.17, 15) is 9.59 Å². The molecule has 1 aromatic heterocycles. The lowest BCUT2D eigenvalue weighted by Gasteiger charge is -2.10. The van der Waals surface area contributed by atoms with Crippen LogP contribution >= 0.6 is 34.8 Å². The Balaban J connectivity index is 2.50. The number of esters is 1. The van der Waals surface area contributed by atoms with Gasteiger partial charge in [-0.05, 0) is 12.1 Å². The molecule has 0 saturated heterocycles. The fourth-order valence-electron chi connectivity index (χ4n) is 1.64. The average molecular weight is 360 g/mol. The van der Waals surface area contributed by atoms with Crippen LogP contribution in [0, 0.1) is 0 Å². The summed E-state index contributed by atoms with van der Waals surface area (Å²) in [5.41, 5.74) is -0.291. The molecule has 0 N–H and O–H groups in total. The van der Waals surface area contributed by atoms with Gasteiger partial charge in [-0.1, -0.05) is 53.5 Å². The predicted octanol–water partition coefficient (Wildman–Crippen LogP) is 3.45. The molecule has 2 aromatic rings. The van der Waals surface area contributed by atoms with Crippen molar-refractivity contribution in [2.45, 2.75) is 0 Å². The first kappa shape index (κ1) is 16.5. The van der Waals surface area contributed by atoms with Crippen molar-refractivity contribution in [3.05, 3.63) is 68.0 Å². The maximum absolute atomic E-state index is 12.1. The van der Waals surface area contributed by atoms with Crippen LogP contribution in [-0.4, -0.2) is 22.4 Å². The molecule has 0 atom stereocenters. The zero-order valence-corrected chi connectivity index (χ0v) is 13.3. The van der Waals surface area contributed by atoms with E-state index in [1.165, 1.54) is 18.3 Å². The molecule has 5 nitrogen and oxygen atoms in total. The van der Waals surface area contributed by atoms with E-state index in [0.717, 1.165) is 4.68 Å². The number of ether oxygens (including phenoxy) is 1. The van der Waals surface area contributed by atoms with Crippen LogP contribution < -0.4 is 5.56 Å². The number of benzene rings is 1. The van der Waals surface area contributed by atoms with Crippen molar-refractivity contribution in [2.75, 3.05) is 6.61 Å². The zero-order chi connectivity index (χ0) is 16.3. The third-order valence-electron chi connectivity index (χ3n) is 2.59. The fraction of sp³-hybridized carbons (Fsp3) is 0.0714. The third-order valence-corrected chi connectivity index (χ3v) is 3.45. The van der Waals surface area contributed by atoms with Gasteiger partial charge in [0.2, 0.25) is 0 Å². The minimum Gasteiger partial charge on any atom is -0.456 e. The molecular formula is C14H9Cl3N2O3. The molecule has 0 radical (unpaired) electrons. The highest BCUT2D eigenvalue weighted by molar-refractivity contribution is 6.41. The molecule has 0 fully saturated rings. The summed E-state index contributed by atoms with van der Waals surface area (Å²) >= 11 is 17.1. The summed E-state index contributed by atoms with van der Waals surface area (Å²) in [6, 6.07) is 6.29. The van der Waals surface area contributed by atoms with E-state index in [4.69, 9.17) is 39.5 Å². The first-order valence-corrected chi connectivity index (χ1v) is 7.08. The first-order valence-electron chi connectivity index (χ1n) is 5.95. The predicted molar refractivity (Wildman–Crippen MR) is 85.1 cm³/mol. The lowest BCUT2D eigenvalue weighted by Crippen LogP contribution is -2.24. The second kappa shape index (κ2) is 6.96. The molecule has 0 saturated carbocycles. The van der Waals surface area contributed by atoms with Crippen LogP contribution in [0.4, 0.5) is 0 Å². The van der Waals surface area contributed by atoms with Gasteiger partial charge in [-0.25, -0.2) is 4.79 Å². The Morgan fingerprint density at radius 1 is 1.32 bits per heavy atom. The number of para-hydroxylation sites is 1. The summed E-state index contributed by atoms with van der Waals surface area (Å²) in [6.45, 7) is 3.28. The SMILES string of the molecule is C=C(Cl)COC(=O)c1ccccc1-n1ncc(Cl)c(Cl)c1=O. The highest BCUT2D eigenvalue weighted by Crippen LogP contribution is 2.18. The first-order chi connectivity index (χ1) is 10.4. The van der Waals surface area contributed by atoms with E-state index < -0.39 is 11.5 Å². The lowest BCUT2D eigenvalue weighted by atomic mass is 10.2. The summed E-state index contributed by atoms with van der Waals surface area (Å²) in [5, 5.41) is 3.90. The van der Waals surface area contributed by atoms with E-state index in [1.54, 1.807) is 12.1 Å². The molecule has 8 heteroatoms. The number of nitrogens with zero attached hydrogens (tertiary/aromatic N) is 2. The van der Waals surface area contributed by atoms with Gasteiger partial charge < -0.3 is 4.74 Å². The molecule has 1 heterocycles. The van der Waals surface area contributed by atoms with Gasteiger partial charge in [-0.2, -0.15) is 9.78 Å². The van der Waals surface area contributed by atoms with Crippen molar-refractivity contribution < 1.29 is 9.53 Å². The zero-order valence-electron chi connectivity index (χ0n) is 11.1. The molecule has 0 aliphatic rings.